The lowest BCUT2D eigenvalue weighted by molar-refractivity contribution is -0.119. The largest absolute Gasteiger partial charge is 0.299 e. The van der Waals surface area contributed by atoms with Crippen LogP contribution in [-0.2, 0) is 14.8 Å². The summed E-state index contributed by atoms with van der Waals surface area (Å²) in [6.45, 7) is 2.07. The van der Waals surface area contributed by atoms with Gasteiger partial charge in [-0.25, -0.2) is 8.42 Å². The first-order chi connectivity index (χ1) is 11.8. The van der Waals surface area contributed by atoms with Crippen LogP contribution >= 0.6 is 23.1 Å². The number of sulfonamides is 1. The predicted molar refractivity (Wildman–Crippen MR) is 101 cm³/mol. The number of aromatic nitrogens is 2. The molecule has 0 radical (unpaired) electrons. The average molecular weight is 401 g/mol. The Hall–Kier alpha value is -1.49. The van der Waals surface area contributed by atoms with Gasteiger partial charge >= 0.3 is 0 Å². The standard InChI is InChI=1S/C15H20N4O3S3/c1-4-10-23-15-18-17-14(24-15)16-13(20)12(19(2)25(3,21)22)11-8-6-5-7-9-11/h5-9,12H,4,10H2,1-3H3,(H,16,17,20)/t12-/m1/s1. The molecule has 0 unspecified atom stereocenters. The summed E-state index contributed by atoms with van der Waals surface area (Å²) in [6.07, 6.45) is 2.09. The Labute approximate surface area is 155 Å². The number of amides is 1. The van der Waals surface area contributed by atoms with Gasteiger partial charge < -0.3 is 0 Å². The number of anilines is 1. The van der Waals surface area contributed by atoms with E-state index >= 15 is 0 Å². The molecule has 0 aliphatic carbocycles. The summed E-state index contributed by atoms with van der Waals surface area (Å²) in [6, 6.07) is 7.78. The summed E-state index contributed by atoms with van der Waals surface area (Å²) >= 11 is 2.84. The Morgan fingerprint density at radius 1 is 1.32 bits per heavy atom. The second kappa shape index (κ2) is 8.75. The minimum atomic E-state index is -3.56. The molecule has 0 saturated heterocycles. The van der Waals surface area contributed by atoms with Crippen LogP contribution in [0.1, 0.15) is 24.9 Å². The van der Waals surface area contributed by atoms with Crippen LogP contribution in [0.2, 0.25) is 0 Å². The quantitative estimate of drug-likeness (QED) is 0.541. The van der Waals surface area contributed by atoms with Gasteiger partial charge in [0.2, 0.25) is 21.1 Å². The second-order valence-corrected chi connectivity index (χ2v) is 9.66. The molecule has 1 heterocycles. The number of benzene rings is 1. The van der Waals surface area contributed by atoms with E-state index in [1.165, 1.54) is 18.4 Å². The lowest BCUT2D eigenvalue weighted by atomic mass is 10.1. The van der Waals surface area contributed by atoms with Crippen molar-refractivity contribution in [3.63, 3.8) is 0 Å². The van der Waals surface area contributed by atoms with Crippen molar-refractivity contribution in [3.8, 4) is 0 Å². The molecule has 1 aromatic heterocycles. The smallest absolute Gasteiger partial charge is 0.249 e. The summed E-state index contributed by atoms with van der Waals surface area (Å²) in [4.78, 5) is 12.7. The second-order valence-electron chi connectivity index (χ2n) is 5.30. The molecular weight excluding hydrogens is 380 g/mol. The van der Waals surface area contributed by atoms with E-state index in [0.29, 0.717) is 10.7 Å². The molecule has 2 aromatic rings. The Bertz CT molecular complexity index is 808. The van der Waals surface area contributed by atoms with Crippen LogP contribution in [0, 0.1) is 0 Å². The fraction of sp³-hybridized carbons (Fsp3) is 0.400. The highest BCUT2D eigenvalue weighted by Crippen LogP contribution is 2.28. The highest BCUT2D eigenvalue weighted by atomic mass is 32.2. The van der Waals surface area contributed by atoms with Crippen molar-refractivity contribution in [2.45, 2.75) is 23.7 Å². The van der Waals surface area contributed by atoms with E-state index < -0.39 is 22.0 Å². The van der Waals surface area contributed by atoms with Gasteiger partial charge in [0.05, 0.1) is 6.26 Å². The lowest BCUT2D eigenvalue weighted by Gasteiger charge is -2.25. The maximum Gasteiger partial charge on any atom is 0.249 e. The van der Waals surface area contributed by atoms with Gasteiger partial charge in [-0.15, -0.1) is 10.2 Å². The summed E-state index contributed by atoms with van der Waals surface area (Å²) < 4.78 is 25.7. The van der Waals surface area contributed by atoms with Gasteiger partial charge in [0.1, 0.15) is 6.04 Å². The van der Waals surface area contributed by atoms with Crippen LogP contribution in [-0.4, -0.2) is 47.9 Å². The molecule has 1 N–H and O–H groups in total. The van der Waals surface area contributed by atoms with Crippen molar-refractivity contribution in [2.75, 3.05) is 24.4 Å². The lowest BCUT2D eigenvalue weighted by Crippen LogP contribution is -2.38. The number of hydrogen-bond acceptors (Lipinski definition) is 7. The number of likely N-dealkylation sites (N-methyl/N-ethyl adjacent to an activating group) is 1. The number of hydrogen-bond donors (Lipinski definition) is 1. The van der Waals surface area contributed by atoms with E-state index in [4.69, 9.17) is 0 Å². The van der Waals surface area contributed by atoms with Crippen molar-refractivity contribution < 1.29 is 13.2 Å². The van der Waals surface area contributed by atoms with Crippen molar-refractivity contribution in [1.29, 1.82) is 0 Å². The van der Waals surface area contributed by atoms with Crippen LogP contribution in [0.15, 0.2) is 34.7 Å². The maximum absolute atomic E-state index is 12.7. The predicted octanol–water partition coefficient (Wildman–Crippen LogP) is 2.61. The van der Waals surface area contributed by atoms with E-state index in [1.807, 2.05) is 0 Å². The van der Waals surface area contributed by atoms with Crippen LogP contribution in [0.3, 0.4) is 0 Å². The molecular formula is C15H20N4O3S3. The van der Waals surface area contributed by atoms with Crippen molar-refractivity contribution in [2.24, 2.45) is 0 Å². The maximum atomic E-state index is 12.7. The first-order valence-electron chi connectivity index (χ1n) is 7.58. The Morgan fingerprint density at radius 2 is 2.00 bits per heavy atom. The van der Waals surface area contributed by atoms with Crippen molar-refractivity contribution >= 4 is 44.2 Å². The van der Waals surface area contributed by atoms with Gasteiger partial charge in [0, 0.05) is 12.8 Å². The molecule has 25 heavy (non-hydrogen) atoms. The molecule has 0 saturated carbocycles. The van der Waals surface area contributed by atoms with Crippen LogP contribution < -0.4 is 5.32 Å². The van der Waals surface area contributed by atoms with E-state index in [1.54, 1.807) is 42.1 Å². The number of carbonyl (C=O) groups excluding carboxylic acids is 1. The highest BCUT2D eigenvalue weighted by molar-refractivity contribution is 8.01. The van der Waals surface area contributed by atoms with E-state index in [-0.39, 0.29) is 0 Å². The summed E-state index contributed by atoms with van der Waals surface area (Å²) in [5.74, 6) is 0.453. The van der Waals surface area contributed by atoms with Crippen LogP contribution in [0.5, 0.6) is 0 Å². The molecule has 0 bridgehead atoms. The zero-order valence-electron chi connectivity index (χ0n) is 14.2. The Morgan fingerprint density at radius 3 is 2.60 bits per heavy atom. The molecule has 10 heteroatoms. The van der Waals surface area contributed by atoms with Gasteiger partial charge in [-0.3, -0.25) is 10.1 Å². The minimum absolute atomic E-state index is 0.353. The molecule has 1 amide bonds. The summed E-state index contributed by atoms with van der Waals surface area (Å²) in [5.41, 5.74) is 0.582. The van der Waals surface area contributed by atoms with E-state index in [2.05, 4.69) is 22.4 Å². The van der Waals surface area contributed by atoms with E-state index in [9.17, 15) is 13.2 Å². The zero-order chi connectivity index (χ0) is 18.4. The third-order valence-electron chi connectivity index (χ3n) is 3.32. The molecule has 2 rings (SSSR count). The van der Waals surface area contributed by atoms with Crippen molar-refractivity contribution in [1.82, 2.24) is 14.5 Å². The molecule has 136 valence electrons. The van der Waals surface area contributed by atoms with Crippen LogP contribution in [0.4, 0.5) is 5.13 Å². The molecule has 0 aliphatic rings. The van der Waals surface area contributed by atoms with Crippen LogP contribution in [0.25, 0.3) is 0 Å². The summed E-state index contributed by atoms with van der Waals surface area (Å²) in [7, 11) is -2.17. The Balaban J connectivity index is 2.22. The number of rotatable bonds is 8. The third-order valence-corrected chi connectivity index (χ3v) is 6.75. The monoisotopic (exact) mass is 400 g/mol. The number of thioether (sulfide) groups is 1. The Kier molecular flexibility index (Phi) is 6.94. The number of nitrogens with one attached hydrogen (secondary N) is 1. The zero-order valence-corrected chi connectivity index (χ0v) is 16.6. The van der Waals surface area contributed by atoms with Gasteiger partial charge in [-0.1, -0.05) is 60.4 Å². The minimum Gasteiger partial charge on any atom is -0.299 e. The molecule has 1 aromatic carbocycles. The fourth-order valence-corrected chi connectivity index (χ4v) is 4.32. The van der Waals surface area contributed by atoms with Gasteiger partial charge in [0.15, 0.2) is 4.34 Å². The molecule has 0 spiro atoms. The van der Waals surface area contributed by atoms with Gasteiger partial charge in [0.25, 0.3) is 0 Å². The molecule has 0 fully saturated rings. The normalized spacial score (nSPS) is 13.0. The topological polar surface area (TPSA) is 92.3 Å². The molecule has 7 nitrogen and oxygen atoms in total. The number of nitrogens with zero attached hydrogens (tertiary/aromatic N) is 3. The first kappa shape index (κ1) is 19.8. The first-order valence-corrected chi connectivity index (χ1v) is 11.2. The van der Waals surface area contributed by atoms with Crippen molar-refractivity contribution in [3.05, 3.63) is 35.9 Å². The molecule has 0 aliphatic heterocycles. The fourth-order valence-electron chi connectivity index (χ4n) is 2.03. The highest BCUT2D eigenvalue weighted by Gasteiger charge is 2.31. The molecule has 1 atom stereocenters. The SMILES string of the molecule is CCCSc1nnc(NC(=O)[C@@H](c2ccccc2)N(C)S(C)(=O)=O)s1. The number of carbonyl (C=O) groups is 1. The van der Waals surface area contributed by atoms with Gasteiger partial charge in [-0.2, -0.15) is 4.31 Å². The average Bonchev–Trinajstić information content (AvgIpc) is 3.00. The van der Waals surface area contributed by atoms with Gasteiger partial charge in [-0.05, 0) is 12.0 Å². The van der Waals surface area contributed by atoms with E-state index in [0.717, 1.165) is 27.1 Å². The third kappa shape index (κ3) is 5.50. The summed E-state index contributed by atoms with van der Waals surface area (Å²) in [5, 5.41) is 11.0.